The molecule has 1 aromatic carbocycles. The van der Waals surface area contributed by atoms with E-state index in [0.29, 0.717) is 5.56 Å². The summed E-state index contributed by atoms with van der Waals surface area (Å²) in [5.74, 6) is 0.0521. The number of phenols is 1. The van der Waals surface area contributed by atoms with Gasteiger partial charge in [-0.1, -0.05) is 6.07 Å². The molecule has 1 N–H and O–H groups in total. The van der Waals surface area contributed by atoms with E-state index in [-0.39, 0.29) is 17.7 Å². The summed E-state index contributed by atoms with van der Waals surface area (Å²) in [6.45, 7) is 2.00. The van der Waals surface area contributed by atoms with Gasteiger partial charge in [-0.15, -0.1) is 11.3 Å². The third-order valence-electron chi connectivity index (χ3n) is 3.05. The molecule has 0 aliphatic rings. The molecule has 1 unspecified atom stereocenters. The summed E-state index contributed by atoms with van der Waals surface area (Å²) in [5.41, 5.74) is 0.504. The maximum atomic E-state index is 12.4. The number of phenolic OH excluding ortho intramolecular Hbond substituents is 1. The molecule has 0 radical (unpaired) electrons. The van der Waals surface area contributed by atoms with Gasteiger partial charge in [0, 0.05) is 17.5 Å². The van der Waals surface area contributed by atoms with Crippen LogP contribution in [0.3, 0.4) is 0 Å². The highest BCUT2D eigenvalue weighted by Crippen LogP contribution is 2.26. The van der Waals surface area contributed by atoms with Gasteiger partial charge in [-0.2, -0.15) is 0 Å². The Morgan fingerprint density at radius 3 is 2.74 bits per heavy atom. The molecule has 1 aromatic heterocycles. The molecule has 1 amide bonds. The SMILES string of the molecule is CC(c1cccs1)N(C)C(=O)c1ccc(I)c(O)c1. The molecule has 19 heavy (non-hydrogen) atoms. The van der Waals surface area contributed by atoms with Gasteiger partial charge in [0.15, 0.2) is 0 Å². The molecule has 2 aromatic rings. The summed E-state index contributed by atoms with van der Waals surface area (Å²) in [6.07, 6.45) is 0. The van der Waals surface area contributed by atoms with Gasteiger partial charge < -0.3 is 10.0 Å². The van der Waals surface area contributed by atoms with E-state index < -0.39 is 0 Å². The molecule has 0 aliphatic heterocycles. The van der Waals surface area contributed by atoms with Crippen LogP contribution in [0.1, 0.15) is 28.2 Å². The van der Waals surface area contributed by atoms with Gasteiger partial charge in [-0.3, -0.25) is 4.79 Å². The minimum absolute atomic E-state index is 0.0221. The fraction of sp³-hybridized carbons (Fsp3) is 0.214. The third kappa shape index (κ3) is 3.09. The van der Waals surface area contributed by atoms with Gasteiger partial charge in [0.2, 0.25) is 0 Å². The number of hydrogen-bond donors (Lipinski definition) is 1. The number of benzene rings is 1. The van der Waals surface area contributed by atoms with E-state index in [1.54, 1.807) is 35.4 Å². The fourth-order valence-corrected chi connectivity index (χ4v) is 2.91. The Labute approximate surface area is 130 Å². The number of aromatic hydroxyl groups is 1. The summed E-state index contributed by atoms with van der Waals surface area (Å²) < 4.78 is 0.739. The van der Waals surface area contributed by atoms with Crippen LogP contribution in [0.25, 0.3) is 0 Å². The Bertz CT molecular complexity index is 583. The third-order valence-corrected chi connectivity index (χ3v) is 5.00. The zero-order valence-electron chi connectivity index (χ0n) is 10.6. The summed E-state index contributed by atoms with van der Waals surface area (Å²) >= 11 is 3.66. The highest BCUT2D eigenvalue weighted by atomic mass is 127. The first-order valence-corrected chi connectivity index (χ1v) is 7.75. The predicted molar refractivity (Wildman–Crippen MR) is 85.7 cm³/mol. The number of carbonyl (C=O) groups excluding carboxylic acids is 1. The van der Waals surface area contributed by atoms with E-state index in [4.69, 9.17) is 0 Å². The smallest absolute Gasteiger partial charge is 0.254 e. The molecule has 0 fully saturated rings. The van der Waals surface area contributed by atoms with Crippen molar-refractivity contribution in [2.75, 3.05) is 7.05 Å². The maximum absolute atomic E-state index is 12.4. The lowest BCUT2D eigenvalue weighted by molar-refractivity contribution is 0.0744. The van der Waals surface area contributed by atoms with Crippen LogP contribution in [-0.2, 0) is 0 Å². The van der Waals surface area contributed by atoms with Crippen molar-refractivity contribution in [1.29, 1.82) is 0 Å². The molecule has 1 atom stereocenters. The zero-order chi connectivity index (χ0) is 14.0. The van der Waals surface area contributed by atoms with E-state index >= 15 is 0 Å². The van der Waals surface area contributed by atoms with Crippen LogP contribution in [0, 0.1) is 3.57 Å². The molecule has 100 valence electrons. The lowest BCUT2D eigenvalue weighted by atomic mass is 10.1. The van der Waals surface area contributed by atoms with E-state index in [1.807, 2.05) is 47.0 Å². The van der Waals surface area contributed by atoms with Gasteiger partial charge in [0.05, 0.1) is 9.61 Å². The number of halogens is 1. The van der Waals surface area contributed by atoms with Crippen molar-refractivity contribution in [2.24, 2.45) is 0 Å². The number of amides is 1. The van der Waals surface area contributed by atoms with Gasteiger partial charge in [0.25, 0.3) is 5.91 Å². The first-order valence-electron chi connectivity index (χ1n) is 5.79. The normalized spacial score (nSPS) is 12.2. The summed E-state index contributed by atoms with van der Waals surface area (Å²) in [4.78, 5) is 15.2. The Morgan fingerprint density at radius 2 is 2.16 bits per heavy atom. The highest BCUT2D eigenvalue weighted by molar-refractivity contribution is 14.1. The maximum Gasteiger partial charge on any atom is 0.254 e. The second-order valence-electron chi connectivity index (χ2n) is 4.27. The Balaban J connectivity index is 2.21. The Hall–Kier alpha value is -1.08. The average Bonchev–Trinajstić information content (AvgIpc) is 2.93. The summed E-state index contributed by atoms with van der Waals surface area (Å²) in [6, 6.07) is 9.01. The molecule has 0 spiro atoms. The molecular formula is C14H14INO2S. The molecule has 0 saturated carbocycles. The van der Waals surface area contributed by atoms with Crippen molar-refractivity contribution in [1.82, 2.24) is 4.90 Å². The number of carbonyl (C=O) groups is 1. The monoisotopic (exact) mass is 387 g/mol. The molecule has 2 rings (SSSR count). The van der Waals surface area contributed by atoms with Crippen molar-refractivity contribution in [2.45, 2.75) is 13.0 Å². The van der Waals surface area contributed by atoms with Crippen molar-refractivity contribution in [3.63, 3.8) is 0 Å². The summed E-state index contributed by atoms with van der Waals surface area (Å²) in [5, 5.41) is 11.7. The van der Waals surface area contributed by atoms with Crippen LogP contribution in [0.2, 0.25) is 0 Å². The van der Waals surface area contributed by atoms with Crippen LogP contribution in [0.15, 0.2) is 35.7 Å². The molecule has 1 heterocycles. The lowest BCUT2D eigenvalue weighted by Crippen LogP contribution is -2.29. The molecule has 3 nitrogen and oxygen atoms in total. The van der Waals surface area contributed by atoms with E-state index in [1.165, 1.54) is 6.07 Å². The number of thiophene rings is 1. The number of rotatable bonds is 3. The molecule has 0 saturated heterocycles. The largest absolute Gasteiger partial charge is 0.507 e. The minimum atomic E-state index is -0.0902. The molecule has 5 heteroatoms. The van der Waals surface area contributed by atoms with Crippen molar-refractivity contribution in [3.05, 3.63) is 49.7 Å². The van der Waals surface area contributed by atoms with E-state index in [9.17, 15) is 9.90 Å². The van der Waals surface area contributed by atoms with Crippen LogP contribution in [0.5, 0.6) is 5.75 Å². The lowest BCUT2D eigenvalue weighted by Gasteiger charge is -2.24. The summed E-state index contributed by atoms with van der Waals surface area (Å²) in [7, 11) is 1.78. The number of nitrogens with zero attached hydrogens (tertiary/aromatic N) is 1. The topological polar surface area (TPSA) is 40.5 Å². The quantitative estimate of drug-likeness (QED) is 0.812. The fourth-order valence-electron chi connectivity index (χ4n) is 1.75. The van der Waals surface area contributed by atoms with Crippen LogP contribution < -0.4 is 0 Å². The highest BCUT2D eigenvalue weighted by Gasteiger charge is 2.20. The molecule has 0 bridgehead atoms. The van der Waals surface area contributed by atoms with E-state index in [2.05, 4.69) is 0 Å². The zero-order valence-corrected chi connectivity index (χ0v) is 13.6. The Kier molecular flexibility index (Phi) is 4.46. The standard InChI is InChI=1S/C14H14INO2S/c1-9(13-4-3-7-19-13)16(2)14(18)10-5-6-11(15)12(17)8-10/h3-9,17H,1-2H3. The van der Waals surface area contributed by atoms with Crippen LogP contribution in [-0.4, -0.2) is 23.0 Å². The predicted octanol–water partition coefficient (Wildman–Crippen LogP) is 3.89. The van der Waals surface area contributed by atoms with Gasteiger partial charge >= 0.3 is 0 Å². The van der Waals surface area contributed by atoms with Gasteiger partial charge in [-0.25, -0.2) is 0 Å². The molecule has 0 aliphatic carbocycles. The first kappa shape index (κ1) is 14.3. The Morgan fingerprint density at radius 1 is 1.42 bits per heavy atom. The van der Waals surface area contributed by atoms with Crippen molar-refractivity contribution < 1.29 is 9.90 Å². The van der Waals surface area contributed by atoms with Crippen LogP contribution >= 0.6 is 33.9 Å². The number of hydrogen-bond acceptors (Lipinski definition) is 3. The van der Waals surface area contributed by atoms with E-state index in [0.717, 1.165) is 8.45 Å². The minimum Gasteiger partial charge on any atom is -0.507 e. The molecular weight excluding hydrogens is 373 g/mol. The van der Waals surface area contributed by atoms with Crippen molar-refractivity contribution >= 4 is 39.8 Å². The second-order valence-corrected chi connectivity index (χ2v) is 6.42. The first-order chi connectivity index (χ1) is 9.00. The van der Waals surface area contributed by atoms with Gasteiger partial charge in [0.1, 0.15) is 5.75 Å². The van der Waals surface area contributed by atoms with Gasteiger partial charge in [-0.05, 0) is 59.2 Å². The average molecular weight is 387 g/mol. The van der Waals surface area contributed by atoms with Crippen LogP contribution in [0.4, 0.5) is 0 Å². The van der Waals surface area contributed by atoms with Crippen molar-refractivity contribution in [3.8, 4) is 5.75 Å². The second kappa shape index (κ2) is 5.92.